The summed E-state index contributed by atoms with van der Waals surface area (Å²) in [6.45, 7) is 4.39. The monoisotopic (exact) mass is 252 g/mol. The zero-order valence-electron chi connectivity index (χ0n) is 12.0. The number of rotatable bonds is 4. The lowest BCUT2D eigenvalue weighted by atomic mass is 9.79. The molecule has 104 valence electrons. The Kier molecular flexibility index (Phi) is 5.19. The lowest BCUT2D eigenvalue weighted by Crippen LogP contribution is -2.42. The first-order chi connectivity index (χ1) is 8.66. The number of likely N-dealkylation sites (tertiary alicyclic amines) is 1. The van der Waals surface area contributed by atoms with Gasteiger partial charge in [0, 0.05) is 24.9 Å². The molecule has 2 fully saturated rings. The Bertz CT molecular complexity index is 272. The zero-order valence-corrected chi connectivity index (χ0v) is 12.0. The molecular formula is C15H28N2O. The van der Waals surface area contributed by atoms with Crippen molar-refractivity contribution in [2.24, 2.45) is 11.8 Å². The second-order valence-corrected chi connectivity index (χ2v) is 6.35. The lowest BCUT2D eigenvalue weighted by molar-refractivity contribution is -0.130. The van der Waals surface area contributed by atoms with Gasteiger partial charge in [-0.05, 0) is 52.9 Å². The van der Waals surface area contributed by atoms with Crippen LogP contribution in [-0.4, -0.2) is 55.9 Å². The van der Waals surface area contributed by atoms with Gasteiger partial charge in [0.25, 0.3) is 0 Å². The van der Waals surface area contributed by atoms with Crippen LogP contribution in [-0.2, 0) is 4.79 Å². The van der Waals surface area contributed by atoms with Gasteiger partial charge in [0.15, 0.2) is 0 Å². The third-order valence-electron chi connectivity index (χ3n) is 4.42. The molecule has 2 rings (SSSR count). The average Bonchev–Trinajstić information content (AvgIpc) is 2.35. The van der Waals surface area contributed by atoms with Crippen molar-refractivity contribution < 1.29 is 4.79 Å². The molecule has 0 amide bonds. The number of ketones is 1. The molecule has 0 N–H and O–H groups in total. The van der Waals surface area contributed by atoms with Gasteiger partial charge in [0.1, 0.15) is 5.78 Å². The summed E-state index contributed by atoms with van der Waals surface area (Å²) in [4.78, 5) is 17.2. The van der Waals surface area contributed by atoms with Crippen LogP contribution in [0.25, 0.3) is 0 Å². The van der Waals surface area contributed by atoms with Crippen molar-refractivity contribution in [1.82, 2.24) is 9.80 Å². The van der Waals surface area contributed by atoms with Crippen molar-refractivity contribution in [3.63, 3.8) is 0 Å². The number of carbonyl (C=O) groups excluding carboxylic acids is 1. The Morgan fingerprint density at radius 2 is 1.72 bits per heavy atom. The summed E-state index contributed by atoms with van der Waals surface area (Å²) in [6.07, 6.45) is 7.48. The SMILES string of the molecule is CN(C)C[C@@H]1CCC[C@H](CN2CCCCC2)C1=O. The van der Waals surface area contributed by atoms with Gasteiger partial charge in [0.05, 0.1) is 0 Å². The maximum Gasteiger partial charge on any atom is 0.141 e. The molecule has 0 bridgehead atoms. The second-order valence-electron chi connectivity index (χ2n) is 6.35. The van der Waals surface area contributed by atoms with E-state index in [0.29, 0.717) is 17.6 Å². The average molecular weight is 252 g/mol. The predicted octanol–water partition coefficient (Wildman–Crippen LogP) is 2.02. The Hall–Kier alpha value is -0.410. The third-order valence-corrected chi connectivity index (χ3v) is 4.42. The van der Waals surface area contributed by atoms with Gasteiger partial charge in [-0.2, -0.15) is 0 Å². The van der Waals surface area contributed by atoms with Crippen molar-refractivity contribution in [1.29, 1.82) is 0 Å². The fourth-order valence-electron chi connectivity index (χ4n) is 3.49. The maximum absolute atomic E-state index is 12.5. The van der Waals surface area contributed by atoms with Crippen LogP contribution in [0.1, 0.15) is 38.5 Å². The maximum atomic E-state index is 12.5. The third kappa shape index (κ3) is 3.79. The minimum absolute atomic E-state index is 0.295. The van der Waals surface area contributed by atoms with Crippen LogP contribution in [0.15, 0.2) is 0 Å². The van der Waals surface area contributed by atoms with Gasteiger partial charge in [-0.3, -0.25) is 4.79 Å². The highest BCUT2D eigenvalue weighted by Gasteiger charge is 2.32. The van der Waals surface area contributed by atoms with Gasteiger partial charge in [0.2, 0.25) is 0 Å². The molecular weight excluding hydrogens is 224 g/mol. The van der Waals surface area contributed by atoms with Crippen molar-refractivity contribution in [2.45, 2.75) is 38.5 Å². The van der Waals surface area contributed by atoms with Crippen molar-refractivity contribution in [3.05, 3.63) is 0 Å². The van der Waals surface area contributed by atoms with Gasteiger partial charge >= 0.3 is 0 Å². The number of nitrogens with zero attached hydrogens (tertiary/aromatic N) is 2. The molecule has 18 heavy (non-hydrogen) atoms. The molecule has 0 unspecified atom stereocenters. The topological polar surface area (TPSA) is 23.6 Å². The highest BCUT2D eigenvalue weighted by Crippen LogP contribution is 2.27. The Morgan fingerprint density at radius 1 is 1.06 bits per heavy atom. The first-order valence-electron chi connectivity index (χ1n) is 7.57. The van der Waals surface area contributed by atoms with Crippen LogP contribution < -0.4 is 0 Å². The van der Waals surface area contributed by atoms with E-state index in [9.17, 15) is 4.79 Å². The standard InChI is InChI=1S/C15H28N2O/c1-16(2)11-13-7-6-8-14(15(13)18)12-17-9-4-3-5-10-17/h13-14H,3-12H2,1-2H3/t13-,14+/m0/s1. The van der Waals surface area contributed by atoms with E-state index in [1.165, 1.54) is 38.8 Å². The van der Waals surface area contributed by atoms with Crippen LogP contribution in [0, 0.1) is 11.8 Å². The Morgan fingerprint density at radius 3 is 2.39 bits per heavy atom. The summed E-state index contributed by atoms with van der Waals surface area (Å²) in [6, 6.07) is 0. The Balaban J connectivity index is 1.85. The molecule has 1 aliphatic carbocycles. The molecule has 2 aliphatic rings. The smallest absolute Gasteiger partial charge is 0.141 e. The normalized spacial score (nSPS) is 30.9. The summed E-state index contributed by atoms with van der Waals surface area (Å²) >= 11 is 0. The van der Waals surface area contributed by atoms with E-state index in [-0.39, 0.29) is 0 Å². The number of hydrogen-bond donors (Lipinski definition) is 0. The fraction of sp³-hybridized carbons (Fsp3) is 0.933. The number of carbonyl (C=O) groups is 1. The quantitative estimate of drug-likeness (QED) is 0.765. The van der Waals surface area contributed by atoms with Crippen molar-refractivity contribution in [2.75, 3.05) is 40.3 Å². The second kappa shape index (κ2) is 6.67. The van der Waals surface area contributed by atoms with Crippen LogP contribution in [0.3, 0.4) is 0 Å². The molecule has 3 heteroatoms. The van der Waals surface area contributed by atoms with E-state index in [1.807, 2.05) is 0 Å². The minimum atomic E-state index is 0.295. The fourth-order valence-corrected chi connectivity index (χ4v) is 3.49. The molecule has 1 heterocycles. The minimum Gasteiger partial charge on any atom is -0.309 e. The number of piperidine rings is 1. The summed E-state index contributed by atoms with van der Waals surface area (Å²) in [5.41, 5.74) is 0. The largest absolute Gasteiger partial charge is 0.309 e. The molecule has 1 saturated heterocycles. The first kappa shape index (κ1) is 14.0. The van der Waals surface area contributed by atoms with Gasteiger partial charge < -0.3 is 9.80 Å². The van der Waals surface area contributed by atoms with Gasteiger partial charge in [-0.25, -0.2) is 0 Å². The summed E-state index contributed by atoms with van der Waals surface area (Å²) < 4.78 is 0. The van der Waals surface area contributed by atoms with E-state index >= 15 is 0 Å². The van der Waals surface area contributed by atoms with Crippen LogP contribution in [0.5, 0.6) is 0 Å². The van der Waals surface area contributed by atoms with Gasteiger partial charge in [-0.1, -0.05) is 12.8 Å². The van der Waals surface area contributed by atoms with E-state index in [2.05, 4.69) is 23.9 Å². The highest BCUT2D eigenvalue weighted by atomic mass is 16.1. The molecule has 0 aromatic carbocycles. The van der Waals surface area contributed by atoms with Crippen LogP contribution in [0.2, 0.25) is 0 Å². The molecule has 0 spiro atoms. The molecule has 1 aliphatic heterocycles. The molecule has 3 nitrogen and oxygen atoms in total. The lowest BCUT2D eigenvalue weighted by Gasteiger charge is -2.34. The predicted molar refractivity (Wildman–Crippen MR) is 74.7 cm³/mol. The van der Waals surface area contributed by atoms with Crippen LogP contribution in [0.4, 0.5) is 0 Å². The number of Topliss-reactive ketones (excluding diaryl/α,β-unsaturated/α-hetero) is 1. The van der Waals surface area contributed by atoms with Gasteiger partial charge in [-0.15, -0.1) is 0 Å². The molecule has 1 saturated carbocycles. The van der Waals surface area contributed by atoms with Crippen molar-refractivity contribution in [3.8, 4) is 0 Å². The Labute approximate surface area is 112 Å². The summed E-state index contributed by atoms with van der Waals surface area (Å²) in [5, 5.41) is 0. The molecule has 0 aromatic rings. The van der Waals surface area contributed by atoms with E-state index in [4.69, 9.17) is 0 Å². The van der Waals surface area contributed by atoms with Crippen LogP contribution >= 0.6 is 0 Å². The van der Waals surface area contributed by atoms with E-state index in [1.54, 1.807) is 0 Å². The summed E-state index contributed by atoms with van der Waals surface area (Å²) in [7, 11) is 4.14. The van der Waals surface area contributed by atoms with Crippen molar-refractivity contribution >= 4 is 5.78 Å². The van der Waals surface area contributed by atoms with E-state index < -0.39 is 0 Å². The zero-order chi connectivity index (χ0) is 13.0. The summed E-state index contributed by atoms with van der Waals surface area (Å²) in [5.74, 6) is 1.16. The molecule has 0 radical (unpaired) electrons. The van der Waals surface area contributed by atoms with E-state index in [0.717, 1.165) is 25.9 Å². The molecule has 0 aromatic heterocycles. The molecule has 2 atom stereocenters. The first-order valence-corrected chi connectivity index (χ1v) is 7.57. The highest BCUT2D eigenvalue weighted by molar-refractivity contribution is 5.84. The number of hydrogen-bond acceptors (Lipinski definition) is 3.